The molecule has 3 rings (SSSR count). The van der Waals surface area contributed by atoms with Crippen molar-refractivity contribution in [3.63, 3.8) is 0 Å². The van der Waals surface area contributed by atoms with E-state index in [1.807, 2.05) is 0 Å². The monoisotopic (exact) mass is 302 g/mol. The number of hydrogen-bond donors (Lipinski definition) is 0. The van der Waals surface area contributed by atoms with Crippen LogP contribution in [0.5, 0.6) is 0 Å². The van der Waals surface area contributed by atoms with Gasteiger partial charge in [0.1, 0.15) is 5.76 Å². The van der Waals surface area contributed by atoms with Crippen molar-refractivity contribution < 1.29 is 14.3 Å². The van der Waals surface area contributed by atoms with Gasteiger partial charge in [0.15, 0.2) is 5.78 Å². The van der Waals surface area contributed by atoms with Crippen LogP contribution in [-0.4, -0.2) is 11.8 Å². The molecule has 0 heterocycles. The van der Waals surface area contributed by atoms with Gasteiger partial charge in [-0.15, -0.1) is 0 Å². The van der Waals surface area contributed by atoms with E-state index in [0.29, 0.717) is 18.6 Å². The fourth-order valence-corrected chi connectivity index (χ4v) is 4.86. The van der Waals surface area contributed by atoms with Crippen molar-refractivity contribution in [3.05, 3.63) is 22.5 Å². The topological polar surface area (TPSA) is 43.4 Å². The Hall–Kier alpha value is -1.38. The molecule has 0 bridgehead atoms. The second-order valence-corrected chi connectivity index (χ2v) is 7.90. The van der Waals surface area contributed by atoms with Crippen LogP contribution < -0.4 is 0 Å². The van der Waals surface area contributed by atoms with Gasteiger partial charge in [0.2, 0.25) is 0 Å². The van der Waals surface area contributed by atoms with Gasteiger partial charge >= 0.3 is 5.97 Å². The average molecular weight is 302 g/mol. The van der Waals surface area contributed by atoms with Crippen LogP contribution in [0, 0.1) is 10.8 Å². The van der Waals surface area contributed by atoms with Crippen LogP contribution in [0.25, 0.3) is 0 Å². The number of esters is 1. The third-order valence-electron chi connectivity index (χ3n) is 5.97. The number of hydrogen-bond acceptors (Lipinski definition) is 3. The highest BCUT2D eigenvalue weighted by molar-refractivity contribution is 6.00. The van der Waals surface area contributed by atoms with E-state index in [9.17, 15) is 9.59 Å². The molecule has 2 atom stereocenters. The van der Waals surface area contributed by atoms with Crippen LogP contribution in [0.15, 0.2) is 22.5 Å². The highest BCUT2D eigenvalue weighted by Crippen LogP contribution is 2.58. The van der Waals surface area contributed by atoms with E-state index < -0.39 is 0 Å². The number of rotatable bonds is 1. The Labute approximate surface area is 132 Å². The van der Waals surface area contributed by atoms with Crippen molar-refractivity contribution in [1.82, 2.24) is 0 Å². The summed E-state index contributed by atoms with van der Waals surface area (Å²) in [5, 5.41) is 0. The van der Waals surface area contributed by atoms with Crippen LogP contribution in [0.2, 0.25) is 0 Å². The predicted molar refractivity (Wildman–Crippen MR) is 85.0 cm³/mol. The van der Waals surface area contributed by atoms with E-state index in [1.165, 1.54) is 24.5 Å². The molecule has 120 valence electrons. The van der Waals surface area contributed by atoms with E-state index >= 15 is 0 Å². The lowest BCUT2D eigenvalue weighted by Crippen LogP contribution is -2.26. The number of carbonyl (C=O) groups excluding carboxylic acids is 2. The summed E-state index contributed by atoms with van der Waals surface area (Å²) in [6.45, 7) is 8.13. The number of Topliss-reactive ketones (excluding diaryl/α,β-unsaturated/α-hetero) is 1. The number of allylic oxidation sites excluding steroid dienone is 4. The van der Waals surface area contributed by atoms with Gasteiger partial charge in [-0.2, -0.15) is 0 Å². The van der Waals surface area contributed by atoms with Gasteiger partial charge in [-0.3, -0.25) is 9.59 Å². The summed E-state index contributed by atoms with van der Waals surface area (Å²) in [6.07, 6.45) is 6.55. The first kappa shape index (κ1) is 15.5. The number of carbonyl (C=O) groups is 2. The van der Waals surface area contributed by atoms with E-state index in [-0.39, 0.29) is 22.6 Å². The molecule has 0 saturated heterocycles. The van der Waals surface area contributed by atoms with Crippen LogP contribution in [-0.2, 0) is 14.3 Å². The van der Waals surface area contributed by atoms with Crippen LogP contribution in [0.3, 0.4) is 0 Å². The van der Waals surface area contributed by atoms with Crippen molar-refractivity contribution in [2.75, 3.05) is 0 Å². The Bertz CT molecular complexity index is 610. The molecule has 3 aliphatic rings. The van der Waals surface area contributed by atoms with Gasteiger partial charge in [-0.25, -0.2) is 0 Å². The van der Waals surface area contributed by atoms with E-state index in [4.69, 9.17) is 4.74 Å². The number of ether oxygens (including phenoxy) is 1. The van der Waals surface area contributed by atoms with Crippen molar-refractivity contribution in [2.45, 2.75) is 72.6 Å². The van der Waals surface area contributed by atoms with Crippen molar-refractivity contribution >= 4 is 11.8 Å². The Balaban J connectivity index is 2.16. The van der Waals surface area contributed by atoms with Crippen LogP contribution in [0.4, 0.5) is 0 Å². The summed E-state index contributed by atoms with van der Waals surface area (Å²) >= 11 is 0. The van der Waals surface area contributed by atoms with Crippen molar-refractivity contribution in [1.29, 1.82) is 0 Å². The van der Waals surface area contributed by atoms with Crippen molar-refractivity contribution in [3.8, 4) is 0 Å². The zero-order valence-corrected chi connectivity index (χ0v) is 14.2. The maximum atomic E-state index is 12.5. The molecule has 0 amide bonds. The minimum atomic E-state index is -0.312. The third kappa shape index (κ3) is 2.35. The van der Waals surface area contributed by atoms with Crippen LogP contribution >= 0.6 is 0 Å². The van der Waals surface area contributed by atoms with Crippen LogP contribution in [0.1, 0.15) is 72.6 Å². The first-order chi connectivity index (χ1) is 10.3. The molecule has 1 saturated carbocycles. The van der Waals surface area contributed by atoms with Crippen molar-refractivity contribution in [2.24, 2.45) is 10.8 Å². The summed E-state index contributed by atoms with van der Waals surface area (Å²) < 4.78 is 5.57. The molecule has 0 aromatic rings. The first-order valence-electron chi connectivity index (χ1n) is 8.39. The second-order valence-electron chi connectivity index (χ2n) is 7.90. The van der Waals surface area contributed by atoms with Gasteiger partial charge in [0, 0.05) is 30.8 Å². The summed E-state index contributed by atoms with van der Waals surface area (Å²) in [7, 11) is 0. The summed E-state index contributed by atoms with van der Waals surface area (Å²) in [5.41, 5.74) is 3.67. The quantitative estimate of drug-likeness (QED) is 0.530. The molecule has 3 heteroatoms. The third-order valence-corrected chi connectivity index (χ3v) is 5.97. The molecule has 0 aromatic carbocycles. The Morgan fingerprint density at radius 2 is 1.82 bits per heavy atom. The Morgan fingerprint density at radius 1 is 1.09 bits per heavy atom. The zero-order valence-electron chi connectivity index (χ0n) is 14.2. The van der Waals surface area contributed by atoms with Gasteiger partial charge < -0.3 is 4.74 Å². The lowest BCUT2D eigenvalue weighted by Gasteiger charge is -2.38. The normalized spacial score (nSPS) is 35.2. The summed E-state index contributed by atoms with van der Waals surface area (Å²) in [6, 6.07) is 0. The first-order valence-corrected chi connectivity index (χ1v) is 8.39. The molecule has 0 aromatic heterocycles. The molecule has 3 aliphatic carbocycles. The van der Waals surface area contributed by atoms with E-state index in [2.05, 4.69) is 20.8 Å². The molecule has 1 fully saturated rings. The minimum Gasteiger partial charge on any atom is -0.431 e. The van der Waals surface area contributed by atoms with Gasteiger partial charge in [-0.05, 0) is 44.4 Å². The highest BCUT2D eigenvalue weighted by Gasteiger charge is 2.49. The fraction of sp³-hybridized carbons (Fsp3) is 0.684. The predicted octanol–water partition coefficient (Wildman–Crippen LogP) is 4.47. The number of fused-ring (bicyclic) bond motifs is 2. The molecular weight excluding hydrogens is 276 g/mol. The SMILES string of the molecule is CC(=O)OC1=C2C(=O)CC[C@]2(C)CC2=C(C)CCC[C@@]2(C)C1. The molecule has 3 nitrogen and oxygen atoms in total. The molecule has 0 aliphatic heterocycles. The molecule has 0 spiro atoms. The number of ketones is 1. The summed E-state index contributed by atoms with van der Waals surface area (Å²) in [4.78, 5) is 24.1. The zero-order chi connectivity index (χ0) is 16.1. The van der Waals surface area contributed by atoms with E-state index in [0.717, 1.165) is 31.3 Å². The standard InChI is InChI=1S/C19H26O3/c1-12-6-5-8-18(3)11-16(22-13(2)20)17-15(21)7-9-19(17,4)10-14(12)18/h5-11H2,1-4H3/t18-,19+/m0/s1. The smallest absolute Gasteiger partial charge is 0.307 e. The Morgan fingerprint density at radius 3 is 2.50 bits per heavy atom. The van der Waals surface area contributed by atoms with Gasteiger partial charge in [0.25, 0.3) is 0 Å². The summed E-state index contributed by atoms with van der Waals surface area (Å²) in [5.74, 6) is 0.525. The van der Waals surface area contributed by atoms with Gasteiger partial charge in [-0.1, -0.05) is 25.0 Å². The van der Waals surface area contributed by atoms with E-state index in [1.54, 1.807) is 0 Å². The molecular formula is C19H26O3. The maximum Gasteiger partial charge on any atom is 0.307 e. The molecule has 0 N–H and O–H groups in total. The lowest BCUT2D eigenvalue weighted by molar-refractivity contribution is -0.137. The highest BCUT2D eigenvalue weighted by atomic mass is 16.5. The molecule has 0 radical (unpaired) electrons. The lowest BCUT2D eigenvalue weighted by atomic mass is 9.66. The Kier molecular flexibility index (Phi) is 3.58. The largest absolute Gasteiger partial charge is 0.431 e. The minimum absolute atomic E-state index is 0.0355. The maximum absolute atomic E-state index is 12.5. The molecule has 22 heavy (non-hydrogen) atoms. The fourth-order valence-electron chi connectivity index (χ4n) is 4.86. The average Bonchev–Trinajstić information content (AvgIpc) is 2.64. The molecule has 0 unspecified atom stereocenters. The second kappa shape index (κ2) is 5.07. The van der Waals surface area contributed by atoms with Gasteiger partial charge in [0.05, 0.1) is 0 Å².